The minimum absolute atomic E-state index is 0.0991. The molecule has 2 amide bonds. The van der Waals surface area contributed by atoms with Crippen molar-refractivity contribution in [2.45, 2.75) is 45.4 Å². The molecule has 1 aromatic carbocycles. The van der Waals surface area contributed by atoms with Crippen LogP contribution in [0.2, 0.25) is 0 Å². The van der Waals surface area contributed by atoms with Crippen molar-refractivity contribution in [2.75, 3.05) is 18.5 Å². The highest BCUT2D eigenvalue weighted by molar-refractivity contribution is 6.39. The molecule has 0 aromatic heterocycles. The maximum absolute atomic E-state index is 12.0. The van der Waals surface area contributed by atoms with E-state index >= 15 is 0 Å². The van der Waals surface area contributed by atoms with Gasteiger partial charge in [0.25, 0.3) is 0 Å². The first-order valence-electron chi connectivity index (χ1n) is 8.46. The molecule has 1 aliphatic carbocycles. The Balaban J connectivity index is 1.83. The van der Waals surface area contributed by atoms with Crippen LogP contribution in [0.3, 0.4) is 0 Å². The van der Waals surface area contributed by atoms with Gasteiger partial charge in [0.1, 0.15) is 0 Å². The highest BCUT2D eigenvalue weighted by atomic mass is 16.3. The summed E-state index contributed by atoms with van der Waals surface area (Å²) in [6, 6.07) is 5.83. The number of nitrogens with one attached hydrogen (secondary N) is 2. The smallest absolute Gasteiger partial charge is 0.313 e. The lowest BCUT2D eigenvalue weighted by atomic mass is 10.0. The summed E-state index contributed by atoms with van der Waals surface area (Å²) in [7, 11) is 0. The molecule has 1 aliphatic rings. The van der Waals surface area contributed by atoms with Crippen LogP contribution in [0.4, 0.5) is 5.69 Å². The minimum atomic E-state index is -0.637. The molecule has 126 valence electrons. The second-order valence-electron chi connectivity index (χ2n) is 6.17. The molecular formula is C18H26N2O3. The summed E-state index contributed by atoms with van der Waals surface area (Å²) in [6.45, 7) is 2.58. The number of hydrogen-bond donors (Lipinski definition) is 3. The Morgan fingerprint density at radius 3 is 2.70 bits per heavy atom. The van der Waals surface area contributed by atoms with Crippen molar-refractivity contribution in [1.29, 1.82) is 0 Å². The lowest BCUT2D eigenvalue weighted by Crippen LogP contribution is -2.38. The van der Waals surface area contributed by atoms with Crippen molar-refractivity contribution in [3.63, 3.8) is 0 Å². The molecule has 3 N–H and O–H groups in total. The van der Waals surface area contributed by atoms with Gasteiger partial charge in [0, 0.05) is 18.8 Å². The predicted molar refractivity (Wildman–Crippen MR) is 90.2 cm³/mol. The average molecular weight is 318 g/mol. The average Bonchev–Trinajstić information content (AvgIpc) is 3.00. The van der Waals surface area contributed by atoms with Crippen LogP contribution in [0.25, 0.3) is 0 Å². The van der Waals surface area contributed by atoms with Crippen molar-refractivity contribution in [2.24, 2.45) is 5.92 Å². The third kappa shape index (κ3) is 5.06. The van der Waals surface area contributed by atoms with Crippen molar-refractivity contribution < 1.29 is 14.7 Å². The number of amides is 2. The number of benzene rings is 1. The van der Waals surface area contributed by atoms with Crippen molar-refractivity contribution in [3.05, 3.63) is 29.3 Å². The van der Waals surface area contributed by atoms with Crippen LogP contribution < -0.4 is 10.6 Å². The molecular weight excluding hydrogens is 292 g/mol. The van der Waals surface area contributed by atoms with Crippen molar-refractivity contribution >= 4 is 17.5 Å². The van der Waals surface area contributed by atoms with Gasteiger partial charge in [-0.1, -0.05) is 19.4 Å². The Hall–Kier alpha value is -1.88. The van der Waals surface area contributed by atoms with Gasteiger partial charge in [0.2, 0.25) is 0 Å². The molecule has 0 heterocycles. The molecule has 0 spiro atoms. The minimum Gasteiger partial charge on any atom is -0.396 e. The number of carbonyl (C=O) groups is 2. The fourth-order valence-electron chi connectivity index (χ4n) is 3.09. The van der Waals surface area contributed by atoms with E-state index in [9.17, 15) is 9.59 Å². The van der Waals surface area contributed by atoms with E-state index in [1.54, 1.807) is 0 Å². The van der Waals surface area contributed by atoms with Gasteiger partial charge in [-0.15, -0.1) is 0 Å². The quantitative estimate of drug-likeness (QED) is 0.673. The molecule has 0 aliphatic heterocycles. The molecule has 1 aromatic rings. The first-order chi connectivity index (χ1) is 11.1. The van der Waals surface area contributed by atoms with E-state index < -0.39 is 11.8 Å². The van der Waals surface area contributed by atoms with Crippen molar-refractivity contribution in [3.8, 4) is 0 Å². The fraction of sp³-hybridized carbons (Fsp3) is 0.556. The van der Waals surface area contributed by atoms with Crippen LogP contribution in [0.1, 0.15) is 43.7 Å². The third-order valence-electron chi connectivity index (χ3n) is 4.35. The van der Waals surface area contributed by atoms with E-state index in [0.717, 1.165) is 32.1 Å². The molecule has 5 nitrogen and oxygen atoms in total. The summed E-state index contributed by atoms with van der Waals surface area (Å²) in [5.41, 5.74) is 3.26. The summed E-state index contributed by atoms with van der Waals surface area (Å²) in [5.74, 6) is -1.05. The molecule has 0 radical (unpaired) electrons. The zero-order chi connectivity index (χ0) is 16.7. The van der Waals surface area contributed by atoms with Gasteiger partial charge in [-0.3, -0.25) is 9.59 Å². The van der Waals surface area contributed by atoms with Crippen LogP contribution in [-0.4, -0.2) is 30.1 Å². The van der Waals surface area contributed by atoms with Crippen LogP contribution >= 0.6 is 0 Å². The summed E-state index contributed by atoms with van der Waals surface area (Å²) in [5, 5.41) is 14.3. The van der Waals surface area contributed by atoms with E-state index in [-0.39, 0.29) is 12.5 Å². The van der Waals surface area contributed by atoms with Gasteiger partial charge in [0.05, 0.1) is 0 Å². The summed E-state index contributed by atoms with van der Waals surface area (Å²) >= 11 is 0. The second-order valence-corrected chi connectivity index (χ2v) is 6.17. The third-order valence-corrected chi connectivity index (χ3v) is 4.35. The standard InChI is InChI=1S/C18H26N2O3/c1-2-4-13(9-10-21)12-19-17(22)18(23)20-16-8-7-14-5-3-6-15(14)11-16/h7-8,11,13,21H,2-6,9-10,12H2,1H3,(H,19,22)(H,20,23). The number of aryl methyl sites for hydroxylation is 2. The normalized spacial score (nSPS) is 14.2. The van der Waals surface area contributed by atoms with Crippen LogP contribution in [0, 0.1) is 5.92 Å². The van der Waals surface area contributed by atoms with E-state index in [4.69, 9.17) is 5.11 Å². The Morgan fingerprint density at radius 1 is 1.17 bits per heavy atom. The van der Waals surface area contributed by atoms with E-state index in [2.05, 4.69) is 17.6 Å². The molecule has 0 saturated carbocycles. The second kappa shape index (κ2) is 8.67. The number of aliphatic hydroxyl groups excluding tert-OH is 1. The largest absolute Gasteiger partial charge is 0.396 e. The molecule has 0 bridgehead atoms. The maximum Gasteiger partial charge on any atom is 0.313 e. The summed E-state index contributed by atoms with van der Waals surface area (Å²) in [4.78, 5) is 23.9. The fourth-order valence-corrected chi connectivity index (χ4v) is 3.09. The van der Waals surface area contributed by atoms with Gasteiger partial charge in [0.15, 0.2) is 0 Å². The number of aliphatic hydroxyl groups is 1. The summed E-state index contributed by atoms with van der Waals surface area (Å²) < 4.78 is 0. The highest BCUT2D eigenvalue weighted by Crippen LogP contribution is 2.24. The first kappa shape index (κ1) is 17.5. The Labute approximate surface area is 137 Å². The Morgan fingerprint density at radius 2 is 1.96 bits per heavy atom. The van der Waals surface area contributed by atoms with Gasteiger partial charge in [-0.05, 0) is 61.3 Å². The number of hydrogen-bond acceptors (Lipinski definition) is 3. The highest BCUT2D eigenvalue weighted by Gasteiger charge is 2.17. The lowest BCUT2D eigenvalue weighted by Gasteiger charge is -2.15. The zero-order valence-electron chi connectivity index (χ0n) is 13.7. The number of carbonyl (C=O) groups excluding carboxylic acids is 2. The number of fused-ring (bicyclic) bond motifs is 1. The van der Waals surface area contributed by atoms with Crippen LogP contribution in [-0.2, 0) is 22.4 Å². The Kier molecular flexibility index (Phi) is 6.59. The molecule has 1 unspecified atom stereocenters. The molecule has 0 saturated heterocycles. The topological polar surface area (TPSA) is 78.4 Å². The lowest BCUT2D eigenvalue weighted by molar-refractivity contribution is -0.136. The summed E-state index contributed by atoms with van der Waals surface area (Å²) in [6.07, 6.45) is 5.82. The molecule has 1 atom stereocenters. The SMILES string of the molecule is CCCC(CCO)CNC(=O)C(=O)Nc1ccc2c(c1)CCC2. The van der Waals surface area contributed by atoms with E-state index in [0.29, 0.717) is 18.7 Å². The number of rotatable bonds is 7. The van der Waals surface area contributed by atoms with Gasteiger partial charge in [-0.25, -0.2) is 0 Å². The Bertz CT molecular complexity index is 551. The first-order valence-corrected chi connectivity index (χ1v) is 8.46. The van der Waals surface area contributed by atoms with E-state index in [1.165, 1.54) is 11.1 Å². The van der Waals surface area contributed by atoms with Gasteiger partial charge in [-0.2, -0.15) is 0 Å². The number of anilines is 1. The maximum atomic E-state index is 12.0. The van der Waals surface area contributed by atoms with E-state index in [1.807, 2.05) is 18.2 Å². The molecule has 23 heavy (non-hydrogen) atoms. The monoisotopic (exact) mass is 318 g/mol. The van der Waals surface area contributed by atoms with Gasteiger partial charge < -0.3 is 15.7 Å². The van der Waals surface area contributed by atoms with Gasteiger partial charge >= 0.3 is 11.8 Å². The molecule has 0 fully saturated rings. The zero-order valence-corrected chi connectivity index (χ0v) is 13.7. The molecule has 5 heteroatoms. The van der Waals surface area contributed by atoms with Crippen LogP contribution in [0.15, 0.2) is 18.2 Å². The molecule has 2 rings (SSSR count). The van der Waals surface area contributed by atoms with Crippen LogP contribution in [0.5, 0.6) is 0 Å². The predicted octanol–water partition coefficient (Wildman–Crippen LogP) is 2.03. The van der Waals surface area contributed by atoms with Crippen molar-refractivity contribution in [1.82, 2.24) is 5.32 Å².